The number of ketones is 1. The van der Waals surface area contributed by atoms with Gasteiger partial charge in [0, 0.05) is 22.8 Å². The van der Waals surface area contributed by atoms with Crippen LogP contribution in [0.3, 0.4) is 0 Å². The molecule has 0 aliphatic carbocycles. The average Bonchev–Trinajstić information content (AvgIpc) is 2.55. The molecular formula is C18H15N3O2. The van der Waals surface area contributed by atoms with Crippen LogP contribution in [0.25, 0.3) is 10.9 Å². The number of para-hydroxylation sites is 1. The number of pyridine rings is 1. The maximum Gasteiger partial charge on any atom is 0.323 e. The zero-order valence-corrected chi connectivity index (χ0v) is 12.5. The number of aromatic nitrogens is 1. The summed E-state index contributed by atoms with van der Waals surface area (Å²) in [6, 6.07) is 15.8. The van der Waals surface area contributed by atoms with Gasteiger partial charge in [0.05, 0.1) is 11.2 Å². The standard InChI is InChI=1S/C18H15N3O2/c1-12(22)13-5-4-6-14(11-13)20-18(23)21-17-9-10-19-16-8-3-2-7-15(16)17/h2-11H,1H3,(H2,19,20,21,23). The second-order valence-corrected chi connectivity index (χ2v) is 5.09. The van der Waals surface area contributed by atoms with Crippen LogP contribution in [0.2, 0.25) is 0 Å². The number of rotatable bonds is 3. The largest absolute Gasteiger partial charge is 0.323 e. The highest BCUT2D eigenvalue weighted by Gasteiger charge is 2.07. The Kier molecular flexibility index (Phi) is 4.01. The van der Waals surface area contributed by atoms with E-state index in [2.05, 4.69) is 15.6 Å². The minimum Gasteiger partial charge on any atom is -0.308 e. The summed E-state index contributed by atoms with van der Waals surface area (Å²) in [7, 11) is 0. The molecule has 5 heteroatoms. The lowest BCUT2D eigenvalue weighted by Gasteiger charge is -2.10. The fourth-order valence-electron chi connectivity index (χ4n) is 2.31. The first-order chi connectivity index (χ1) is 11.1. The van der Waals surface area contributed by atoms with Gasteiger partial charge in [0.2, 0.25) is 0 Å². The third-order valence-electron chi connectivity index (χ3n) is 3.42. The normalized spacial score (nSPS) is 10.3. The molecule has 0 bridgehead atoms. The SMILES string of the molecule is CC(=O)c1cccc(NC(=O)Nc2ccnc3ccccc23)c1. The van der Waals surface area contributed by atoms with Crippen molar-refractivity contribution in [3.8, 4) is 0 Å². The minimum atomic E-state index is -0.373. The van der Waals surface area contributed by atoms with E-state index in [-0.39, 0.29) is 11.8 Å². The van der Waals surface area contributed by atoms with Crippen molar-refractivity contribution >= 4 is 34.1 Å². The number of carbonyl (C=O) groups excluding carboxylic acids is 2. The van der Waals surface area contributed by atoms with Crippen LogP contribution in [0.4, 0.5) is 16.2 Å². The van der Waals surface area contributed by atoms with E-state index in [1.807, 2.05) is 24.3 Å². The fourth-order valence-corrected chi connectivity index (χ4v) is 2.31. The molecule has 0 atom stereocenters. The van der Waals surface area contributed by atoms with Crippen molar-refractivity contribution in [2.45, 2.75) is 6.92 Å². The second-order valence-electron chi connectivity index (χ2n) is 5.09. The van der Waals surface area contributed by atoms with Gasteiger partial charge in [-0.15, -0.1) is 0 Å². The third-order valence-corrected chi connectivity index (χ3v) is 3.42. The predicted molar refractivity (Wildman–Crippen MR) is 90.8 cm³/mol. The number of hydrogen-bond acceptors (Lipinski definition) is 3. The summed E-state index contributed by atoms with van der Waals surface area (Å²) in [6.07, 6.45) is 1.65. The van der Waals surface area contributed by atoms with Crippen molar-refractivity contribution < 1.29 is 9.59 Å². The minimum absolute atomic E-state index is 0.0471. The molecule has 0 radical (unpaired) electrons. The molecule has 1 aromatic heterocycles. The molecule has 3 rings (SSSR count). The van der Waals surface area contributed by atoms with Gasteiger partial charge in [-0.3, -0.25) is 9.78 Å². The number of benzene rings is 2. The Balaban J connectivity index is 1.79. The first kappa shape index (κ1) is 14.7. The maximum atomic E-state index is 12.2. The quantitative estimate of drug-likeness (QED) is 0.716. The van der Waals surface area contributed by atoms with E-state index >= 15 is 0 Å². The van der Waals surface area contributed by atoms with Crippen molar-refractivity contribution in [1.29, 1.82) is 0 Å². The number of amides is 2. The number of nitrogens with one attached hydrogen (secondary N) is 2. The number of nitrogens with zero attached hydrogens (tertiary/aromatic N) is 1. The number of fused-ring (bicyclic) bond motifs is 1. The zero-order valence-electron chi connectivity index (χ0n) is 12.5. The molecule has 2 amide bonds. The molecule has 3 aromatic rings. The summed E-state index contributed by atoms with van der Waals surface area (Å²) >= 11 is 0. The van der Waals surface area contributed by atoms with Gasteiger partial charge < -0.3 is 10.6 Å². The van der Waals surface area contributed by atoms with Crippen molar-refractivity contribution in [2.75, 3.05) is 10.6 Å². The summed E-state index contributed by atoms with van der Waals surface area (Å²) in [5.74, 6) is -0.0471. The molecule has 0 fully saturated rings. The van der Waals surface area contributed by atoms with Gasteiger partial charge in [-0.25, -0.2) is 4.79 Å². The van der Waals surface area contributed by atoms with Crippen LogP contribution >= 0.6 is 0 Å². The molecule has 0 unspecified atom stereocenters. The van der Waals surface area contributed by atoms with Crippen LogP contribution in [0.1, 0.15) is 17.3 Å². The zero-order chi connectivity index (χ0) is 16.2. The molecule has 0 aliphatic rings. The Labute approximate surface area is 133 Å². The van der Waals surface area contributed by atoms with Crippen LogP contribution in [0.15, 0.2) is 60.8 Å². The van der Waals surface area contributed by atoms with E-state index in [9.17, 15) is 9.59 Å². The van der Waals surface area contributed by atoms with E-state index in [0.29, 0.717) is 16.9 Å². The lowest BCUT2D eigenvalue weighted by atomic mass is 10.1. The van der Waals surface area contributed by atoms with Gasteiger partial charge in [0.1, 0.15) is 0 Å². The number of urea groups is 1. The van der Waals surface area contributed by atoms with E-state index < -0.39 is 0 Å². The van der Waals surface area contributed by atoms with Crippen LogP contribution in [-0.2, 0) is 0 Å². The number of Topliss-reactive ketones (excluding diaryl/α,β-unsaturated/α-hetero) is 1. The molecule has 2 aromatic carbocycles. The van der Waals surface area contributed by atoms with Crippen molar-refractivity contribution in [3.05, 3.63) is 66.4 Å². The molecule has 5 nitrogen and oxygen atoms in total. The number of carbonyl (C=O) groups is 2. The molecule has 0 aliphatic heterocycles. The summed E-state index contributed by atoms with van der Waals surface area (Å²) in [5, 5.41) is 6.40. The van der Waals surface area contributed by atoms with Crippen LogP contribution < -0.4 is 10.6 Å². The van der Waals surface area contributed by atoms with Gasteiger partial charge in [-0.2, -0.15) is 0 Å². The lowest BCUT2D eigenvalue weighted by Crippen LogP contribution is -2.19. The van der Waals surface area contributed by atoms with Crippen LogP contribution in [-0.4, -0.2) is 16.8 Å². The highest BCUT2D eigenvalue weighted by Crippen LogP contribution is 2.21. The molecule has 23 heavy (non-hydrogen) atoms. The van der Waals surface area contributed by atoms with E-state index in [1.165, 1.54) is 6.92 Å². The van der Waals surface area contributed by atoms with E-state index in [1.54, 1.807) is 36.5 Å². The van der Waals surface area contributed by atoms with E-state index in [0.717, 1.165) is 10.9 Å². The summed E-state index contributed by atoms with van der Waals surface area (Å²) in [4.78, 5) is 27.8. The van der Waals surface area contributed by atoms with Crippen LogP contribution in [0, 0.1) is 0 Å². The molecule has 0 saturated heterocycles. The van der Waals surface area contributed by atoms with Gasteiger partial charge in [-0.05, 0) is 31.2 Å². The average molecular weight is 305 g/mol. The first-order valence-corrected chi connectivity index (χ1v) is 7.16. The topological polar surface area (TPSA) is 71.1 Å². The highest BCUT2D eigenvalue weighted by molar-refractivity contribution is 6.05. The van der Waals surface area contributed by atoms with Gasteiger partial charge in [0.15, 0.2) is 5.78 Å². The Morgan fingerprint density at radius 3 is 2.61 bits per heavy atom. The summed E-state index contributed by atoms with van der Waals surface area (Å²) in [5.41, 5.74) is 2.60. The molecule has 2 N–H and O–H groups in total. The van der Waals surface area contributed by atoms with E-state index in [4.69, 9.17) is 0 Å². The second kappa shape index (κ2) is 6.27. The van der Waals surface area contributed by atoms with Crippen molar-refractivity contribution in [2.24, 2.45) is 0 Å². The summed E-state index contributed by atoms with van der Waals surface area (Å²) < 4.78 is 0. The Morgan fingerprint density at radius 1 is 0.957 bits per heavy atom. The molecule has 0 saturated carbocycles. The van der Waals surface area contributed by atoms with Crippen molar-refractivity contribution in [1.82, 2.24) is 4.98 Å². The smallest absolute Gasteiger partial charge is 0.308 e. The molecule has 0 spiro atoms. The van der Waals surface area contributed by atoms with Gasteiger partial charge in [-0.1, -0.05) is 30.3 Å². The lowest BCUT2D eigenvalue weighted by molar-refractivity contribution is 0.101. The third kappa shape index (κ3) is 3.35. The maximum absolute atomic E-state index is 12.2. The Morgan fingerprint density at radius 2 is 1.78 bits per heavy atom. The Bertz CT molecular complexity index is 885. The van der Waals surface area contributed by atoms with Crippen molar-refractivity contribution in [3.63, 3.8) is 0 Å². The number of anilines is 2. The molecule has 1 heterocycles. The van der Waals surface area contributed by atoms with Gasteiger partial charge in [0.25, 0.3) is 0 Å². The number of hydrogen-bond donors (Lipinski definition) is 2. The molecular weight excluding hydrogens is 290 g/mol. The highest BCUT2D eigenvalue weighted by atomic mass is 16.2. The molecule has 114 valence electrons. The van der Waals surface area contributed by atoms with Gasteiger partial charge >= 0.3 is 6.03 Å². The van der Waals surface area contributed by atoms with Crippen LogP contribution in [0.5, 0.6) is 0 Å². The summed E-state index contributed by atoms with van der Waals surface area (Å²) in [6.45, 7) is 1.49. The first-order valence-electron chi connectivity index (χ1n) is 7.16. The Hall–Kier alpha value is -3.21. The monoisotopic (exact) mass is 305 g/mol. The predicted octanol–water partition coefficient (Wildman–Crippen LogP) is 4.08. The fraction of sp³-hybridized carbons (Fsp3) is 0.0556.